The van der Waals surface area contributed by atoms with E-state index in [1.54, 1.807) is 30.0 Å². The molecule has 0 spiro atoms. The molecule has 6 nitrogen and oxygen atoms in total. The topological polar surface area (TPSA) is 72.9 Å². The minimum absolute atomic E-state index is 0.0740. The van der Waals surface area contributed by atoms with Gasteiger partial charge in [-0.25, -0.2) is 8.42 Å². The van der Waals surface area contributed by atoms with Gasteiger partial charge in [0, 0.05) is 25.1 Å². The van der Waals surface area contributed by atoms with Crippen LogP contribution < -0.4 is 4.90 Å². The van der Waals surface area contributed by atoms with Crippen LogP contribution in [-0.4, -0.2) is 52.5 Å². The summed E-state index contributed by atoms with van der Waals surface area (Å²) in [5, 5.41) is 0. The molecule has 1 aromatic carbocycles. The highest BCUT2D eigenvalue weighted by Crippen LogP contribution is 2.30. The Labute approximate surface area is 155 Å². The Hall–Kier alpha value is -1.44. The van der Waals surface area contributed by atoms with Gasteiger partial charge in [-0.2, -0.15) is 0 Å². The lowest BCUT2D eigenvalue weighted by Gasteiger charge is -2.32. The highest BCUT2D eigenvalue weighted by molar-refractivity contribution is 7.90. The molecule has 0 bridgehead atoms. The number of amides is 1. The Kier molecular flexibility index (Phi) is 5.99. The van der Waals surface area contributed by atoms with Crippen LogP contribution in [0.4, 0.5) is 5.69 Å². The third kappa shape index (κ3) is 4.45. The van der Waals surface area contributed by atoms with E-state index in [-0.39, 0.29) is 12.0 Å². The molecule has 2 aliphatic rings. The molecule has 1 fully saturated rings. The second-order valence-corrected chi connectivity index (χ2v) is 9.14. The van der Waals surface area contributed by atoms with E-state index in [1.807, 2.05) is 0 Å². The molecule has 0 radical (unpaired) electrons. The lowest BCUT2D eigenvalue weighted by Crippen LogP contribution is -2.43. The largest absolute Gasteiger partial charge is 0.376 e. The van der Waals surface area contributed by atoms with Crippen molar-refractivity contribution in [2.75, 3.05) is 30.9 Å². The summed E-state index contributed by atoms with van der Waals surface area (Å²) in [7, 11) is -3.25. The molecule has 2 atom stereocenters. The second kappa shape index (κ2) is 8.06. The number of carbonyl (C=O) groups is 1. The molecule has 0 saturated carbocycles. The van der Waals surface area contributed by atoms with Crippen LogP contribution >= 0.6 is 0 Å². The summed E-state index contributed by atoms with van der Waals surface area (Å²) in [5.41, 5.74) is 1.69. The number of hydrogen-bond donors (Lipinski definition) is 0. The number of aryl methyl sites for hydroxylation is 1. The molecule has 1 aromatic rings. The first-order chi connectivity index (χ1) is 12.4. The standard InChI is InChI=1S/C19H27NO5S/c1-14(25-13-16-7-3-4-11-24-16)19(21)20-10-5-6-15-12-17(26(2,22)23)8-9-18(15)20/h8-9,12,14,16H,3-7,10-11,13H2,1-2H3. The van der Waals surface area contributed by atoms with Crippen LogP contribution in [0, 0.1) is 0 Å². The number of hydrogen-bond acceptors (Lipinski definition) is 5. The third-order valence-electron chi connectivity index (χ3n) is 5.02. The van der Waals surface area contributed by atoms with E-state index >= 15 is 0 Å². The van der Waals surface area contributed by atoms with Gasteiger partial charge in [0.05, 0.1) is 17.6 Å². The van der Waals surface area contributed by atoms with Gasteiger partial charge in [-0.1, -0.05) is 0 Å². The number of anilines is 1. The Morgan fingerprint density at radius 3 is 2.85 bits per heavy atom. The van der Waals surface area contributed by atoms with E-state index in [0.29, 0.717) is 18.0 Å². The highest BCUT2D eigenvalue weighted by Gasteiger charge is 2.28. The van der Waals surface area contributed by atoms with Crippen molar-refractivity contribution < 1.29 is 22.7 Å². The van der Waals surface area contributed by atoms with Gasteiger partial charge in [0.1, 0.15) is 6.10 Å². The highest BCUT2D eigenvalue weighted by atomic mass is 32.2. The summed E-state index contributed by atoms with van der Waals surface area (Å²) in [6.45, 7) is 3.58. The van der Waals surface area contributed by atoms with Gasteiger partial charge in [-0.3, -0.25) is 4.79 Å². The van der Waals surface area contributed by atoms with Crippen molar-refractivity contribution in [2.24, 2.45) is 0 Å². The Bertz CT molecular complexity index is 755. The first kappa shape index (κ1) is 19.3. The van der Waals surface area contributed by atoms with E-state index in [2.05, 4.69) is 0 Å². The van der Waals surface area contributed by atoms with Gasteiger partial charge in [0.15, 0.2) is 9.84 Å². The van der Waals surface area contributed by atoms with Crippen LogP contribution in [0.15, 0.2) is 23.1 Å². The lowest BCUT2D eigenvalue weighted by molar-refractivity contribution is -0.132. The maximum Gasteiger partial charge on any atom is 0.255 e. The number of nitrogens with zero attached hydrogens (tertiary/aromatic N) is 1. The second-order valence-electron chi connectivity index (χ2n) is 7.12. The normalized spacial score (nSPS) is 21.9. The van der Waals surface area contributed by atoms with Crippen molar-refractivity contribution in [3.8, 4) is 0 Å². The molecule has 2 aliphatic heterocycles. The summed E-state index contributed by atoms with van der Waals surface area (Å²) >= 11 is 0. The molecule has 2 unspecified atom stereocenters. The maximum atomic E-state index is 12.9. The molecule has 1 saturated heterocycles. The number of rotatable bonds is 5. The fraction of sp³-hybridized carbons (Fsp3) is 0.632. The van der Waals surface area contributed by atoms with Crippen LogP contribution in [0.3, 0.4) is 0 Å². The molecule has 0 N–H and O–H groups in total. The zero-order valence-electron chi connectivity index (χ0n) is 15.4. The molecule has 144 valence electrons. The van der Waals surface area contributed by atoms with Crippen LogP contribution in [0.5, 0.6) is 0 Å². The molecule has 0 aliphatic carbocycles. The first-order valence-corrected chi connectivity index (χ1v) is 11.1. The maximum absolute atomic E-state index is 12.9. The summed E-state index contributed by atoms with van der Waals surface area (Å²) < 4.78 is 35.0. The SMILES string of the molecule is CC(OCC1CCCCO1)C(=O)N1CCCc2cc(S(C)(=O)=O)ccc21. The minimum Gasteiger partial charge on any atom is -0.376 e. The van der Waals surface area contributed by atoms with Crippen LogP contribution in [0.1, 0.15) is 38.2 Å². The van der Waals surface area contributed by atoms with Gasteiger partial charge < -0.3 is 14.4 Å². The van der Waals surface area contributed by atoms with Crippen molar-refractivity contribution in [3.05, 3.63) is 23.8 Å². The quantitative estimate of drug-likeness (QED) is 0.783. The van der Waals surface area contributed by atoms with Crippen LogP contribution in [0.25, 0.3) is 0 Å². The number of carbonyl (C=O) groups excluding carboxylic acids is 1. The summed E-state index contributed by atoms with van der Waals surface area (Å²) in [6.07, 6.45) is 5.50. The number of benzene rings is 1. The van der Waals surface area contributed by atoms with Gasteiger partial charge in [0.2, 0.25) is 0 Å². The van der Waals surface area contributed by atoms with E-state index in [4.69, 9.17) is 9.47 Å². The molecular weight excluding hydrogens is 354 g/mol. The monoisotopic (exact) mass is 381 g/mol. The van der Waals surface area contributed by atoms with Crippen LogP contribution in [0.2, 0.25) is 0 Å². The molecule has 2 heterocycles. The van der Waals surface area contributed by atoms with Crippen molar-refractivity contribution in [3.63, 3.8) is 0 Å². The number of sulfone groups is 1. The molecule has 0 aromatic heterocycles. The van der Waals surface area contributed by atoms with Crippen molar-refractivity contribution >= 4 is 21.4 Å². The Balaban J connectivity index is 1.68. The smallest absolute Gasteiger partial charge is 0.255 e. The van der Waals surface area contributed by atoms with E-state index in [1.165, 1.54) is 6.26 Å². The minimum atomic E-state index is -3.25. The fourth-order valence-electron chi connectivity index (χ4n) is 3.51. The summed E-state index contributed by atoms with van der Waals surface area (Å²) in [5.74, 6) is -0.0890. The lowest BCUT2D eigenvalue weighted by atomic mass is 10.0. The van der Waals surface area contributed by atoms with Gasteiger partial charge in [-0.05, 0) is 62.8 Å². The summed E-state index contributed by atoms with van der Waals surface area (Å²) in [4.78, 5) is 14.9. The van der Waals surface area contributed by atoms with Gasteiger partial charge >= 0.3 is 0 Å². The predicted molar refractivity (Wildman–Crippen MR) is 99.2 cm³/mol. The van der Waals surface area contributed by atoms with E-state index in [0.717, 1.165) is 50.0 Å². The number of ether oxygens (including phenoxy) is 2. The molecule has 3 rings (SSSR count). The van der Waals surface area contributed by atoms with Crippen LogP contribution in [-0.2, 0) is 30.5 Å². The molecule has 7 heteroatoms. The van der Waals surface area contributed by atoms with Gasteiger partial charge in [-0.15, -0.1) is 0 Å². The molecular formula is C19H27NO5S. The first-order valence-electron chi connectivity index (χ1n) is 9.24. The van der Waals surface area contributed by atoms with Crippen molar-refractivity contribution in [2.45, 2.75) is 56.1 Å². The van der Waals surface area contributed by atoms with E-state index < -0.39 is 15.9 Å². The van der Waals surface area contributed by atoms with Crippen molar-refractivity contribution in [1.29, 1.82) is 0 Å². The number of fused-ring (bicyclic) bond motifs is 1. The average molecular weight is 381 g/mol. The zero-order chi connectivity index (χ0) is 18.7. The molecule has 1 amide bonds. The average Bonchev–Trinajstić information content (AvgIpc) is 2.64. The Morgan fingerprint density at radius 2 is 2.15 bits per heavy atom. The van der Waals surface area contributed by atoms with E-state index in [9.17, 15) is 13.2 Å². The summed E-state index contributed by atoms with van der Waals surface area (Å²) in [6, 6.07) is 4.99. The fourth-order valence-corrected chi connectivity index (χ4v) is 4.19. The van der Waals surface area contributed by atoms with Crippen molar-refractivity contribution in [1.82, 2.24) is 0 Å². The predicted octanol–water partition coefficient (Wildman–Crippen LogP) is 2.34. The van der Waals surface area contributed by atoms with Gasteiger partial charge in [0.25, 0.3) is 5.91 Å². The zero-order valence-corrected chi connectivity index (χ0v) is 16.3. The molecule has 26 heavy (non-hydrogen) atoms. The Morgan fingerprint density at radius 1 is 1.35 bits per heavy atom. The third-order valence-corrected chi connectivity index (χ3v) is 6.13.